The maximum atomic E-state index is 2.49. The molecule has 0 N–H and O–H groups in total. The lowest BCUT2D eigenvalue weighted by atomic mass is 9.93. The van der Waals surface area contributed by atoms with E-state index in [-0.39, 0.29) is 0 Å². The molecule has 0 saturated heterocycles. The molecule has 2 heterocycles. The van der Waals surface area contributed by atoms with Crippen LogP contribution in [0.25, 0.3) is 102 Å². The van der Waals surface area contributed by atoms with Crippen molar-refractivity contribution in [3.63, 3.8) is 0 Å². The Kier molecular flexibility index (Phi) is 8.12. The highest BCUT2D eigenvalue weighted by Crippen LogP contribution is 2.46. The summed E-state index contributed by atoms with van der Waals surface area (Å²) < 4.78 is 5.13. The highest BCUT2D eigenvalue weighted by Gasteiger charge is 2.21. The molecule has 13 rings (SSSR count). The number of hydrogen-bond acceptors (Lipinski definition) is 2. The van der Waals surface area contributed by atoms with E-state index in [9.17, 15) is 0 Å². The molecule has 0 aliphatic rings. The molecule has 0 aliphatic heterocycles. The van der Waals surface area contributed by atoms with Crippen LogP contribution in [0, 0.1) is 0 Å². The summed E-state index contributed by atoms with van der Waals surface area (Å²) in [6, 6.07) is 84.6. The lowest BCUT2D eigenvalue weighted by Gasteiger charge is -2.26. The Morgan fingerprint density at radius 2 is 0.857 bits per heavy atom. The number of fused-ring (bicyclic) bond motifs is 13. The first-order chi connectivity index (χ1) is 31.2. The Morgan fingerprint density at radius 1 is 0.317 bits per heavy atom. The van der Waals surface area contributed by atoms with Crippen LogP contribution in [0.5, 0.6) is 0 Å². The van der Waals surface area contributed by atoms with Gasteiger partial charge in [0.25, 0.3) is 0 Å². The summed E-state index contributed by atoms with van der Waals surface area (Å²) in [6.07, 6.45) is 0. The number of anilines is 3. The molecule has 63 heavy (non-hydrogen) atoms. The molecule has 13 aromatic rings. The number of aromatic nitrogens is 1. The quantitative estimate of drug-likeness (QED) is 0.152. The second-order valence-electron chi connectivity index (χ2n) is 16.5. The summed E-state index contributed by atoms with van der Waals surface area (Å²) in [7, 11) is 0. The highest BCUT2D eigenvalue weighted by molar-refractivity contribution is 7.25. The third kappa shape index (κ3) is 5.71. The van der Waals surface area contributed by atoms with Crippen molar-refractivity contribution < 1.29 is 0 Å². The van der Waals surface area contributed by atoms with Crippen molar-refractivity contribution in [1.82, 2.24) is 4.57 Å². The van der Waals surface area contributed by atoms with Crippen LogP contribution in [0.4, 0.5) is 17.1 Å². The van der Waals surface area contributed by atoms with E-state index in [1.807, 2.05) is 11.3 Å². The summed E-state index contributed by atoms with van der Waals surface area (Å²) in [5.74, 6) is 0. The van der Waals surface area contributed by atoms with Gasteiger partial charge in [-0.15, -0.1) is 11.3 Å². The van der Waals surface area contributed by atoms with Crippen LogP contribution < -0.4 is 4.90 Å². The Hall–Kier alpha value is -7.98. The van der Waals surface area contributed by atoms with Crippen molar-refractivity contribution in [3.8, 4) is 27.9 Å². The normalized spacial score (nSPS) is 11.8. The molecule has 0 bridgehead atoms. The summed E-state index contributed by atoms with van der Waals surface area (Å²) >= 11 is 1.86. The summed E-state index contributed by atoms with van der Waals surface area (Å²) in [6.45, 7) is 0. The van der Waals surface area contributed by atoms with Gasteiger partial charge in [-0.3, -0.25) is 0 Å². The van der Waals surface area contributed by atoms with Crippen LogP contribution in [0.3, 0.4) is 0 Å². The fourth-order valence-electron chi connectivity index (χ4n) is 10.0. The second-order valence-corrected chi connectivity index (χ2v) is 17.5. The number of para-hydroxylation sites is 1. The highest BCUT2D eigenvalue weighted by atomic mass is 32.1. The standard InChI is InChI=1S/C60H38N2S/c1-2-12-39(13-3-1)40-22-28-44(29-23-40)61(45-30-24-41(25-31-45)43-27-37-57-54(38-43)50-17-9-11-21-56(50)63-57)46-32-34-47(35-33-46)62-55-20-10-8-19-53(55)59-58-48-15-5-4-14-42(48)26-36-51(58)49-16-6-7-18-52(49)60(59)62/h1-38H. The number of nitrogens with zero attached hydrogens (tertiary/aromatic N) is 2. The largest absolute Gasteiger partial charge is 0.311 e. The van der Waals surface area contributed by atoms with Crippen molar-refractivity contribution in [3.05, 3.63) is 231 Å². The molecule has 0 amide bonds. The van der Waals surface area contributed by atoms with Crippen LogP contribution in [-0.2, 0) is 0 Å². The van der Waals surface area contributed by atoms with Crippen LogP contribution >= 0.6 is 11.3 Å². The minimum atomic E-state index is 1.09. The summed E-state index contributed by atoms with van der Waals surface area (Å²) in [5, 5.41) is 12.8. The van der Waals surface area contributed by atoms with E-state index in [0.29, 0.717) is 0 Å². The average molecular weight is 819 g/mol. The number of hydrogen-bond donors (Lipinski definition) is 0. The third-order valence-corrected chi connectivity index (χ3v) is 14.1. The Balaban J connectivity index is 0.966. The zero-order valence-corrected chi connectivity index (χ0v) is 35.1. The summed E-state index contributed by atoms with van der Waals surface area (Å²) in [4.78, 5) is 2.37. The molecule has 0 radical (unpaired) electrons. The first kappa shape index (κ1) is 35.7. The zero-order chi connectivity index (χ0) is 41.4. The van der Waals surface area contributed by atoms with Crippen molar-refractivity contribution in [1.29, 1.82) is 0 Å². The monoisotopic (exact) mass is 818 g/mol. The SMILES string of the molecule is c1ccc(-c2ccc(N(c3ccc(-c4ccc5sc6ccccc6c5c4)cc3)c3ccc(-n4c5ccccc5c5c6c7ccccc7ccc6c6ccccc6c54)cc3)cc2)cc1. The molecule has 0 fully saturated rings. The Bertz CT molecular complexity index is 3880. The van der Waals surface area contributed by atoms with Gasteiger partial charge in [0, 0.05) is 64.5 Å². The van der Waals surface area contributed by atoms with Gasteiger partial charge in [0.05, 0.1) is 11.0 Å². The van der Waals surface area contributed by atoms with Gasteiger partial charge in [-0.05, 0) is 117 Å². The minimum Gasteiger partial charge on any atom is -0.311 e. The first-order valence-corrected chi connectivity index (χ1v) is 22.4. The van der Waals surface area contributed by atoms with Crippen LogP contribution in [0.2, 0.25) is 0 Å². The van der Waals surface area contributed by atoms with E-state index in [2.05, 4.69) is 240 Å². The average Bonchev–Trinajstić information content (AvgIpc) is 3.91. The molecular formula is C60H38N2S. The minimum absolute atomic E-state index is 1.09. The van der Waals surface area contributed by atoms with Crippen LogP contribution in [0.15, 0.2) is 231 Å². The molecular weight excluding hydrogens is 781 g/mol. The van der Waals surface area contributed by atoms with E-state index in [1.54, 1.807) is 0 Å². The molecule has 11 aromatic carbocycles. The molecule has 2 aromatic heterocycles. The van der Waals surface area contributed by atoms with E-state index in [1.165, 1.54) is 96.5 Å². The predicted molar refractivity (Wildman–Crippen MR) is 272 cm³/mol. The van der Waals surface area contributed by atoms with E-state index >= 15 is 0 Å². The number of thiophene rings is 1. The molecule has 0 atom stereocenters. The van der Waals surface area contributed by atoms with Gasteiger partial charge in [0.1, 0.15) is 0 Å². The van der Waals surface area contributed by atoms with Gasteiger partial charge in [0.2, 0.25) is 0 Å². The summed E-state index contributed by atoms with van der Waals surface area (Å²) in [5.41, 5.74) is 11.7. The van der Waals surface area contributed by atoms with E-state index in [0.717, 1.165) is 22.7 Å². The lowest BCUT2D eigenvalue weighted by molar-refractivity contribution is 1.18. The van der Waals surface area contributed by atoms with Gasteiger partial charge in [-0.2, -0.15) is 0 Å². The fourth-order valence-corrected chi connectivity index (χ4v) is 11.1. The van der Waals surface area contributed by atoms with Crippen molar-refractivity contribution in [2.75, 3.05) is 4.90 Å². The Labute approximate surface area is 368 Å². The van der Waals surface area contributed by atoms with Gasteiger partial charge in [-0.25, -0.2) is 0 Å². The van der Waals surface area contributed by atoms with Gasteiger partial charge >= 0.3 is 0 Å². The van der Waals surface area contributed by atoms with Crippen molar-refractivity contribution in [2.24, 2.45) is 0 Å². The molecule has 0 saturated carbocycles. The zero-order valence-electron chi connectivity index (χ0n) is 34.2. The van der Waals surface area contributed by atoms with Crippen molar-refractivity contribution in [2.45, 2.75) is 0 Å². The maximum Gasteiger partial charge on any atom is 0.0626 e. The van der Waals surface area contributed by atoms with E-state index < -0.39 is 0 Å². The van der Waals surface area contributed by atoms with Gasteiger partial charge in [-0.1, -0.05) is 158 Å². The smallest absolute Gasteiger partial charge is 0.0626 e. The van der Waals surface area contributed by atoms with Crippen LogP contribution in [0.1, 0.15) is 0 Å². The first-order valence-electron chi connectivity index (χ1n) is 21.6. The number of rotatable bonds is 6. The molecule has 294 valence electrons. The van der Waals surface area contributed by atoms with Crippen molar-refractivity contribution >= 4 is 103 Å². The maximum absolute atomic E-state index is 2.49. The number of benzene rings is 11. The van der Waals surface area contributed by atoms with Gasteiger partial charge < -0.3 is 9.47 Å². The molecule has 0 spiro atoms. The molecule has 0 aliphatic carbocycles. The second kappa shape index (κ2) is 14.3. The third-order valence-electron chi connectivity index (χ3n) is 13.0. The van der Waals surface area contributed by atoms with Crippen LogP contribution in [-0.4, -0.2) is 4.57 Å². The molecule has 0 unspecified atom stereocenters. The van der Waals surface area contributed by atoms with Gasteiger partial charge in [0.15, 0.2) is 0 Å². The van der Waals surface area contributed by atoms with E-state index in [4.69, 9.17) is 0 Å². The topological polar surface area (TPSA) is 8.17 Å². The molecule has 2 nitrogen and oxygen atoms in total. The molecule has 3 heteroatoms. The predicted octanol–water partition coefficient (Wildman–Crippen LogP) is 17.4. The lowest BCUT2D eigenvalue weighted by Crippen LogP contribution is -2.10. The fraction of sp³-hybridized carbons (Fsp3) is 0. The Morgan fingerprint density at radius 3 is 1.60 bits per heavy atom.